The SMILES string of the molecule is CC(C)N=CC(=CN)c1ccc([N+](=O)[O-])cc1. The Morgan fingerprint density at radius 1 is 1.41 bits per heavy atom. The molecule has 0 aromatic heterocycles. The zero-order valence-electron chi connectivity index (χ0n) is 9.83. The van der Waals surface area contributed by atoms with Crippen molar-refractivity contribution in [3.05, 3.63) is 46.1 Å². The molecule has 2 N–H and O–H groups in total. The van der Waals surface area contributed by atoms with E-state index in [1.165, 1.54) is 18.3 Å². The van der Waals surface area contributed by atoms with Gasteiger partial charge in [-0.05, 0) is 31.5 Å². The molecule has 0 heterocycles. The number of rotatable bonds is 4. The molecular formula is C12H15N3O2. The third kappa shape index (κ3) is 3.71. The van der Waals surface area contributed by atoms with Crippen LogP contribution in [0.25, 0.3) is 5.57 Å². The fourth-order valence-electron chi connectivity index (χ4n) is 1.22. The first-order valence-electron chi connectivity index (χ1n) is 5.24. The Morgan fingerprint density at radius 2 is 2.00 bits per heavy atom. The summed E-state index contributed by atoms with van der Waals surface area (Å²) in [5, 5.41) is 10.5. The van der Waals surface area contributed by atoms with Crippen molar-refractivity contribution in [1.82, 2.24) is 0 Å². The molecule has 0 atom stereocenters. The van der Waals surface area contributed by atoms with Gasteiger partial charge in [-0.25, -0.2) is 0 Å². The van der Waals surface area contributed by atoms with E-state index >= 15 is 0 Å². The highest BCUT2D eigenvalue weighted by Gasteiger charge is 2.05. The molecule has 0 fully saturated rings. The van der Waals surface area contributed by atoms with Gasteiger partial charge in [-0.15, -0.1) is 0 Å². The summed E-state index contributed by atoms with van der Waals surface area (Å²) in [6.45, 7) is 3.92. The second-order valence-electron chi connectivity index (χ2n) is 3.80. The lowest BCUT2D eigenvalue weighted by molar-refractivity contribution is -0.384. The topological polar surface area (TPSA) is 81.5 Å². The minimum Gasteiger partial charge on any atom is -0.404 e. The highest BCUT2D eigenvalue weighted by molar-refractivity contribution is 6.09. The smallest absolute Gasteiger partial charge is 0.269 e. The molecule has 5 nitrogen and oxygen atoms in total. The highest BCUT2D eigenvalue weighted by atomic mass is 16.6. The van der Waals surface area contributed by atoms with E-state index < -0.39 is 4.92 Å². The Kier molecular flexibility index (Phi) is 4.39. The Morgan fingerprint density at radius 3 is 2.41 bits per heavy atom. The lowest BCUT2D eigenvalue weighted by Crippen LogP contribution is -1.95. The van der Waals surface area contributed by atoms with Gasteiger partial charge in [0, 0.05) is 36.2 Å². The van der Waals surface area contributed by atoms with Gasteiger partial charge in [-0.2, -0.15) is 0 Å². The average Bonchev–Trinajstić information content (AvgIpc) is 2.30. The molecule has 1 aromatic carbocycles. The van der Waals surface area contributed by atoms with Gasteiger partial charge in [0.25, 0.3) is 5.69 Å². The number of hydrogen-bond donors (Lipinski definition) is 1. The molecule has 0 saturated heterocycles. The molecule has 5 heteroatoms. The molecule has 0 saturated carbocycles. The first-order valence-corrected chi connectivity index (χ1v) is 5.24. The van der Waals surface area contributed by atoms with Gasteiger partial charge in [0.1, 0.15) is 0 Å². The van der Waals surface area contributed by atoms with E-state index in [2.05, 4.69) is 4.99 Å². The standard InChI is InChI=1S/C12H15N3O2/c1-9(2)14-8-11(7-13)10-3-5-12(6-4-10)15(16)17/h3-9H,13H2,1-2H3. The number of non-ortho nitro benzene ring substituents is 1. The number of nitro groups is 1. The quantitative estimate of drug-likeness (QED) is 0.492. The summed E-state index contributed by atoms with van der Waals surface area (Å²) in [4.78, 5) is 14.3. The monoisotopic (exact) mass is 233 g/mol. The van der Waals surface area contributed by atoms with E-state index in [0.29, 0.717) is 0 Å². The molecule has 0 aliphatic heterocycles. The molecule has 0 bridgehead atoms. The predicted octanol–water partition coefficient (Wildman–Crippen LogP) is 2.37. The fourth-order valence-corrected chi connectivity index (χ4v) is 1.22. The summed E-state index contributed by atoms with van der Waals surface area (Å²) >= 11 is 0. The van der Waals surface area contributed by atoms with Crippen molar-refractivity contribution >= 4 is 17.5 Å². The second-order valence-corrected chi connectivity index (χ2v) is 3.80. The fraction of sp³-hybridized carbons (Fsp3) is 0.250. The third-order valence-electron chi connectivity index (χ3n) is 2.10. The largest absolute Gasteiger partial charge is 0.404 e. The summed E-state index contributed by atoms with van der Waals surface area (Å²) in [5.74, 6) is 0. The number of aliphatic imine (C=N–C) groups is 1. The lowest BCUT2D eigenvalue weighted by atomic mass is 10.1. The molecule has 0 aliphatic carbocycles. The van der Waals surface area contributed by atoms with Gasteiger partial charge in [0.05, 0.1) is 4.92 Å². The molecule has 0 aliphatic rings. The minimum atomic E-state index is -0.433. The molecule has 1 rings (SSSR count). The van der Waals surface area contributed by atoms with Crippen LogP contribution in [0.2, 0.25) is 0 Å². The number of benzene rings is 1. The zero-order valence-corrected chi connectivity index (χ0v) is 9.83. The minimum absolute atomic E-state index is 0.0610. The first kappa shape index (κ1) is 12.9. The van der Waals surface area contributed by atoms with Crippen LogP contribution in [0.4, 0.5) is 5.69 Å². The maximum atomic E-state index is 10.5. The maximum absolute atomic E-state index is 10.5. The van der Waals surface area contributed by atoms with Crippen molar-refractivity contribution in [2.45, 2.75) is 19.9 Å². The normalized spacial score (nSPS) is 12.3. The molecule has 0 unspecified atom stereocenters. The number of nitro benzene ring substituents is 1. The Bertz CT molecular complexity index is 447. The molecule has 0 radical (unpaired) electrons. The molecule has 0 amide bonds. The van der Waals surface area contributed by atoms with Crippen LogP contribution in [0, 0.1) is 10.1 Å². The van der Waals surface area contributed by atoms with Crippen LogP contribution in [0.1, 0.15) is 19.4 Å². The zero-order chi connectivity index (χ0) is 12.8. The van der Waals surface area contributed by atoms with Crippen molar-refractivity contribution in [2.75, 3.05) is 0 Å². The van der Waals surface area contributed by atoms with E-state index in [9.17, 15) is 10.1 Å². The Labute approximate surface area is 99.8 Å². The van der Waals surface area contributed by atoms with Crippen LogP contribution in [-0.4, -0.2) is 17.2 Å². The van der Waals surface area contributed by atoms with Crippen LogP contribution in [0.5, 0.6) is 0 Å². The highest BCUT2D eigenvalue weighted by Crippen LogP contribution is 2.17. The molecule has 1 aromatic rings. The van der Waals surface area contributed by atoms with Crippen LogP contribution >= 0.6 is 0 Å². The summed E-state index contributed by atoms with van der Waals surface area (Å²) < 4.78 is 0. The van der Waals surface area contributed by atoms with Crippen LogP contribution < -0.4 is 5.73 Å². The van der Waals surface area contributed by atoms with Crippen molar-refractivity contribution < 1.29 is 4.92 Å². The summed E-state index contributed by atoms with van der Waals surface area (Å²) in [5.41, 5.74) is 7.11. The second kappa shape index (κ2) is 5.79. The van der Waals surface area contributed by atoms with E-state index in [4.69, 9.17) is 5.73 Å². The van der Waals surface area contributed by atoms with Crippen molar-refractivity contribution in [3.8, 4) is 0 Å². The average molecular weight is 233 g/mol. The summed E-state index contributed by atoms with van der Waals surface area (Å²) in [6.07, 6.45) is 3.11. The lowest BCUT2D eigenvalue weighted by Gasteiger charge is -2.02. The third-order valence-corrected chi connectivity index (χ3v) is 2.10. The van der Waals surface area contributed by atoms with E-state index in [1.54, 1.807) is 18.3 Å². The van der Waals surface area contributed by atoms with Crippen molar-refractivity contribution in [2.24, 2.45) is 10.7 Å². The van der Waals surface area contributed by atoms with Gasteiger partial charge in [0.15, 0.2) is 0 Å². The van der Waals surface area contributed by atoms with Gasteiger partial charge >= 0.3 is 0 Å². The maximum Gasteiger partial charge on any atom is 0.269 e. The molecule has 90 valence electrons. The van der Waals surface area contributed by atoms with Crippen molar-refractivity contribution in [1.29, 1.82) is 0 Å². The van der Waals surface area contributed by atoms with Crippen LogP contribution in [0.3, 0.4) is 0 Å². The Hall–Kier alpha value is -2.17. The number of hydrogen-bond acceptors (Lipinski definition) is 4. The van der Waals surface area contributed by atoms with Crippen LogP contribution in [-0.2, 0) is 0 Å². The molecule has 0 spiro atoms. The first-order chi connectivity index (χ1) is 8.04. The van der Waals surface area contributed by atoms with E-state index in [0.717, 1.165) is 11.1 Å². The Balaban J connectivity index is 2.95. The molecule has 17 heavy (non-hydrogen) atoms. The summed E-state index contributed by atoms with van der Waals surface area (Å²) in [7, 11) is 0. The summed E-state index contributed by atoms with van der Waals surface area (Å²) in [6, 6.07) is 6.39. The number of nitrogens with zero attached hydrogens (tertiary/aromatic N) is 2. The predicted molar refractivity (Wildman–Crippen MR) is 68.9 cm³/mol. The van der Waals surface area contributed by atoms with Gasteiger partial charge in [-0.3, -0.25) is 15.1 Å². The van der Waals surface area contributed by atoms with Crippen LogP contribution in [0.15, 0.2) is 35.5 Å². The van der Waals surface area contributed by atoms with Gasteiger partial charge < -0.3 is 5.73 Å². The van der Waals surface area contributed by atoms with Gasteiger partial charge in [-0.1, -0.05) is 0 Å². The molecular weight excluding hydrogens is 218 g/mol. The number of allylic oxidation sites excluding steroid dienone is 1. The van der Waals surface area contributed by atoms with E-state index in [1.807, 2.05) is 13.8 Å². The van der Waals surface area contributed by atoms with Crippen molar-refractivity contribution in [3.63, 3.8) is 0 Å². The number of nitrogens with two attached hydrogens (primary N) is 1. The van der Waals surface area contributed by atoms with Gasteiger partial charge in [0.2, 0.25) is 0 Å². The van der Waals surface area contributed by atoms with E-state index in [-0.39, 0.29) is 11.7 Å².